The maximum absolute atomic E-state index is 12.7. The van der Waals surface area contributed by atoms with Gasteiger partial charge in [-0.1, -0.05) is 29.3 Å². The van der Waals surface area contributed by atoms with Crippen molar-refractivity contribution in [3.8, 4) is 10.4 Å². The molecule has 23 heavy (non-hydrogen) atoms. The van der Waals surface area contributed by atoms with Gasteiger partial charge in [-0.3, -0.25) is 4.79 Å². The summed E-state index contributed by atoms with van der Waals surface area (Å²) in [7, 11) is 0. The molecule has 1 saturated heterocycles. The van der Waals surface area contributed by atoms with Crippen molar-refractivity contribution in [3.63, 3.8) is 0 Å². The van der Waals surface area contributed by atoms with Crippen LogP contribution in [0.5, 0.6) is 0 Å². The molecular weight excluding hydrogens is 351 g/mol. The van der Waals surface area contributed by atoms with Gasteiger partial charge in [-0.05, 0) is 55.6 Å². The standard InChI is InChI=1S/C17H18Cl2N2OS/c1-10-6-11(8-20)9-21(10)17(22)16-5-4-15(23-16)12-2-3-13(18)14(19)7-12/h2-5,7,10-11H,6,8-9,20H2,1H3. The number of hydrogen-bond donors (Lipinski definition) is 1. The Balaban J connectivity index is 1.81. The van der Waals surface area contributed by atoms with Crippen molar-refractivity contribution in [2.75, 3.05) is 13.1 Å². The minimum absolute atomic E-state index is 0.0877. The molecule has 3 rings (SSSR count). The van der Waals surface area contributed by atoms with Crippen LogP contribution in [0.25, 0.3) is 10.4 Å². The molecule has 0 aliphatic carbocycles. The lowest BCUT2D eigenvalue weighted by molar-refractivity contribution is 0.0748. The molecule has 2 unspecified atom stereocenters. The predicted molar refractivity (Wildman–Crippen MR) is 97.4 cm³/mol. The Morgan fingerprint density at radius 3 is 2.74 bits per heavy atom. The number of thiophene rings is 1. The van der Waals surface area contributed by atoms with E-state index in [2.05, 4.69) is 6.92 Å². The normalized spacial score (nSPS) is 21.0. The highest BCUT2D eigenvalue weighted by Crippen LogP contribution is 2.34. The van der Waals surface area contributed by atoms with Gasteiger partial charge in [-0.2, -0.15) is 0 Å². The lowest BCUT2D eigenvalue weighted by Crippen LogP contribution is -2.33. The van der Waals surface area contributed by atoms with E-state index in [4.69, 9.17) is 28.9 Å². The van der Waals surface area contributed by atoms with Crippen molar-refractivity contribution in [1.82, 2.24) is 4.90 Å². The number of nitrogens with two attached hydrogens (primary N) is 1. The fraction of sp³-hybridized carbons (Fsp3) is 0.353. The molecule has 2 atom stereocenters. The van der Waals surface area contributed by atoms with Crippen molar-refractivity contribution >= 4 is 40.4 Å². The van der Waals surface area contributed by atoms with Crippen LogP contribution in [-0.4, -0.2) is 29.9 Å². The van der Waals surface area contributed by atoms with Crippen LogP contribution < -0.4 is 5.73 Å². The highest BCUT2D eigenvalue weighted by molar-refractivity contribution is 7.17. The summed E-state index contributed by atoms with van der Waals surface area (Å²) in [5.74, 6) is 0.494. The Kier molecular flexibility index (Phi) is 4.97. The van der Waals surface area contributed by atoms with Crippen molar-refractivity contribution in [2.24, 2.45) is 11.7 Å². The lowest BCUT2D eigenvalue weighted by Gasteiger charge is -2.20. The molecule has 2 N–H and O–H groups in total. The zero-order chi connectivity index (χ0) is 16.6. The molecule has 0 radical (unpaired) electrons. The van der Waals surface area contributed by atoms with Gasteiger partial charge in [0.25, 0.3) is 5.91 Å². The second-order valence-electron chi connectivity index (χ2n) is 5.94. The third kappa shape index (κ3) is 3.41. The van der Waals surface area contributed by atoms with Gasteiger partial charge in [0, 0.05) is 17.5 Å². The highest BCUT2D eigenvalue weighted by atomic mass is 35.5. The molecular formula is C17H18Cl2N2OS. The van der Waals surface area contributed by atoms with Gasteiger partial charge in [0.05, 0.1) is 14.9 Å². The summed E-state index contributed by atoms with van der Waals surface area (Å²) < 4.78 is 0. The number of carbonyl (C=O) groups is 1. The second kappa shape index (κ2) is 6.81. The van der Waals surface area contributed by atoms with Crippen molar-refractivity contribution in [3.05, 3.63) is 45.3 Å². The van der Waals surface area contributed by atoms with Crippen LogP contribution in [0.3, 0.4) is 0 Å². The van der Waals surface area contributed by atoms with Crippen LogP contribution in [0.15, 0.2) is 30.3 Å². The molecule has 122 valence electrons. The minimum atomic E-state index is 0.0877. The van der Waals surface area contributed by atoms with Crippen LogP contribution in [0.2, 0.25) is 10.0 Å². The molecule has 6 heteroatoms. The first-order valence-electron chi connectivity index (χ1n) is 7.56. The first-order chi connectivity index (χ1) is 11.0. The molecule has 1 aromatic heterocycles. The van der Waals surface area contributed by atoms with E-state index in [9.17, 15) is 4.79 Å². The summed E-state index contributed by atoms with van der Waals surface area (Å²) in [5.41, 5.74) is 6.72. The van der Waals surface area contributed by atoms with Gasteiger partial charge in [-0.25, -0.2) is 0 Å². The number of benzene rings is 1. The topological polar surface area (TPSA) is 46.3 Å². The van der Waals surface area contributed by atoms with E-state index >= 15 is 0 Å². The fourth-order valence-corrected chi connectivity index (χ4v) is 4.25. The molecule has 1 aromatic carbocycles. The van der Waals surface area contributed by atoms with Crippen LogP contribution in [0.4, 0.5) is 0 Å². The molecule has 1 aliphatic rings. The third-order valence-electron chi connectivity index (χ3n) is 4.28. The van der Waals surface area contributed by atoms with E-state index in [-0.39, 0.29) is 11.9 Å². The quantitative estimate of drug-likeness (QED) is 0.864. The van der Waals surface area contributed by atoms with E-state index in [1.54, 1.807) is 6.07 Å². The van der Waals surface area contributed by atoms with Gasteiger partial charge in [0.2, 0.25) is 0 Å². The SMILES string of the molecule is CC1CC(CN)CN1C(=O)c1ccc(-c2ccc(Cl)c(Cl)c2)s1. The Labute approximate surface area is 150 Å². The van der Waals surface area contributed by atoms with Crippen LogP contribution in [0.1, 0.15) is 23.0 Å². The number of hydrogen-bond acceptors (Lipinski definition) is 3. The Morgan fingerprint density at radius 1 is 1.30 bits per heavy atom. The predicted octanol–water partition coefficient (Wildman–Crippen LogP) is 4.53. The van der Waals surface area contributed by atoms with Gasteiger partial charge in [-0.15, -0.1) is 11.3 Å². The maximum atomic E-state index is 12.7. The highest BCUT2D eigenvalue weighted by Gasteiger charge is 2.32. The molecule has 0 saturated carbocycles. The van der Waals surface area contributed by atoms with Gasteiger partial charge in [0.15, 0.2) is 0 Å². The van der Waals surface area contributed by atoms with Crippen LogP contribution in [-0.2, 0) is 0 Å². The minimum Gasteiger partial charge on any atom is -0.335 e. The maximum Gasteiger partial charge on any atom is 0.264 e. The van der Waals surface area contributed by atoms with Gasteiger partial charge >= 0.3 is 0 Å². The zero-order valence-electron chi connectivity index (χ0n) is 12.8. The number of amides is 1. The zero-order valence-corrected chi connectivity index (χ0v) is 15.1. The number of carbonyl (C=O) groups excluding carboxylic acids is 1. The van der Waals surface area contributed by atoms with Crippen molar-refractivity contribution in [2.45, 2.75) is 19.4 Å². The average molecular weight is 369 g/mol. The van der Waals surface area contributed by atoms with E-state index in [1.165, 1.54) is 11.3 Å². The Hall–Kier alpha value is -1.07. The van der Waals surface area contributed by atoms with Crippen molar-refractivity contribution in [1.29, 1.82) is 0 Å². The summed E-state index contributed by atoms with van der Waals surface area (Å²) >= 11 is 13.5. The van der Waals surface area contributed by atoms with E-state index in [0.717, 1.165) is 28.3 Å². The molecule has 1 amide bonds. The molecule has 0 spiro atoms. The lowest BCUT2D eigenvalue weighted by atomic mass is 10.1. The summed E-state index contributed by atoms with van der Waals surface area (Å²) in [6.07, 6.45) is 0.979. The molecule has 1 fully saturated rings. The number of nitrogens with zero attached hydrogens (tertiary/aromatic N) is 1. The first kappa shape index (κ1) is 16.8. The molecule has 1 aliphatic heterocycles. The van der Waals surface area contributed by atoms with E-state index < -0.39 is 0 Å². The van der Waals surface area contributed by atoms with E-state index in [1.807, 2.05) is 29.2 Å². The molecule has 0 bridgehead atoms. The third-order valence-corrected chi connectivity index (χ3v) is 6.14. The second-order valence-corrected chi connectivity index (χ2v) is 7.83. The summed E-state index contributed by atoms with van der Waals surface area (Å²) in [5, 5.41) is 1.05. The summed E-state index contributed by atoms with van der Waals surface area (Å²) in [6, 6.07) is 9.59. The molecule has 2 heterocycles. The fourth-order valence-electron chi connectivity index (χ4n) is 3.00. The monoisotopic (exact) mass is 368 g/mol. The Bertz CT molecular complexity index is 731. The number of rotatable bonds is 3. The average Bonchev–Trinajstić information content (AvgIpc) is 3.16. The largest absolute Gasteiger partial charge is 0.335 e. The van der Waals surface area contributed by atoms with Crippen LogP contribution >= 0.6 is 34.5 Å². The molecule has 2 aromatic rings. The smallest absolute Gasteiger partial charge is 0.264 e. The number of halogens is 2. The number of likely N-dealkylation sites (tertiary alicyclic amines) is 1. The van der Waals surface area contributed by atoms with Gasteiger partial charge < -0.3 is 10.6 Å². The van der Waals surface area contributed by atoms with Crippen LogP contribution in [0, 0.1) is 5.92 Å². The summed E-state index contributed by atoms with van der Waals surface area (Å²) in [6.45, 7) is 3.46. The summed E-state index contributed by atoms with van der Waals surface area (Å²) in [4.78, 5) is 16.4. The van der Waals surface area contributed by atoms with Crippen molar-refractivity contribution < 1.29 is 4.79 Å². The molecule has 3 nitrogen and oxygen atoms in total. The van der Waals surface area contributed by atoms with Gasteiger partial charge in [0.1, 0.15) is 0 Å². The Morgan fingerprint density at radius 2 is 2.09 bits per heavy atom. The first-order valence-corrected chi connectivity index (χ1v) is 9.13. The van der Waals surface area contributed by atoms with E-state index in [0.29, 0.717) is 22.5 Å².